The molecule has 0 aromatic carbocycles. The van der Waals surface area contributed by atoms with Gasteiger partial charge in [-0.15, -0.1) is 11.3 Å². The number of aromatic nitrogens is 2. The lowest BCUT2D eigenvalue weighted by Gasteiger charge is -1.98. The maximum atomic E-state index is 11.4. The molecule has 4 nitrogen and oxygen atoms in total. The van der Waals surface area contributed by atoms with Crippen LogP contribution in [0.5, 0.6) is 0 Å². The lowest BCUT2D eigenvalue weighted by Crippen LogP contribution is -2.06. The standard InChI is InChI=1S/C9H10N2O2S/c1-3-13-8(12)7-6(2)11-4-5-14-9(11)10-7/h4-5H,3H2,1-2H3. The minimum Gasteiger partial charge on any atom is -0.461 e. The summed E-state index contributed by atoms with van der Waals surface area (Å²) in [6, 6.07) is 0. The summed E-state index contributed by atoms with van der Waals surface area (Å²) in [5.74, 6) is -0.346. The molecule has 0 saturated carbocycles. The van der Waals surface area contributed by atoms with Crippen molar-refractivity contribution in [1.29, 1.82) is 0 Å². The molecule has 0 aliphatic carbocycles. The van der Waals surface area contributed by atoms with E-state index in [0.29, 0.717) is 12.3 Å². The van der Waals surface area contributed by atoms with Gasteiger partial charge in [0.2, 0.25) is 0 Å². The first-order valence-electron chi connectivity index (χ1n) is 4.33. The number of ether oxygens (including phenoxy) is 1. The number of esters is 1. The molecule has 0 bridgehead atoms. The number of nitrogens with zero attached hydrogens (tertiary/aromatic N) is 2. The van der Waals surface area contributed by atoms with Crippen molar-refractivity contribution >= 4 is 22.3 Å². The van der Waals surface area contributed by atoms with Crippen LogP contribution in [0.4, 0.5) is 0 Å². The lowest BCUT2D eigenvalue weighted by molar-refractivity contribution is 0.0519. The third-order valence-electron chi connectivity index (χ3n) is 1.97. The fourth-order valence-electron chi connectivity index (χ4n) is 1.29. The molecule has 0 fully saturated rings. The van der Waals surface area contributed by atoms with Crippen molar-refractivity contribution in [2.45, 2.75) is 13.8 Å². The first-order chi connectivity index (χ1) is 6.74. The van der Waals surface area contributed by atoms with E-state index in [1.54, 1.807) is 6.92 Å². The topological polar surface area (TPSA) is 43.6 Å². The smallest absolute Gasteiger partial charge is 0.358 e. The van der Waals surface area contributed by atoms with Gasteiger partial charge < -0.3 is 4.74 Å². The van der Waals surface area contributed by atoms with Crippen LogP contribution in [-0.2, 0) is 4.74 Å². The van der Waals surface area contributed by atoms with Gasteiger partial charge in [-0.1, -0.05) is 0 Å². The molecule has 0 aliphatic heterocycles. The molecular weight excluding hydrogens is 200 g/mol. The third kappa shape index (κ3) is 1.29. The molecule has 14 heavy (non-hydrogen) atoms. The molecule has 2 aromatic heterocycles. The number of thiazole rings is 1. The molecular formula is C9H10N2O2S. The number of aryl methyl sites for hydroxylation is 1. The Hall–Kier alpha value is -1.36. The number of rotatable bonds is 2. The second kappa shape index (κ2) is 3.42. The van der Waals surface area contributed by atoms with E-state index in [9.17, 15) is 4.79 Å². The van der Waals surface area contributed by atoms with E-state index >= 15 is 0 Å². The van der Waals surface area contributed by atoms with E-state index in [-0.39, 0.29) is 5.97 Å². The average molecular weight is 210 g/mol. The zero-order valence-corrected chi connectivity index (χ0v) is 8.80. The number of carbonyl (C=O) groups excluding carboxylic acids is 1. The predicted molar refractivity (Wildman–Crippen MR) is 53.8 cm³/mol. The molecule has 5 heteroatoms. The molecule has 0 amide bonds. The van der Waals surface area contributed by atoms with E-state index in [1.165, 1.54) is 11.3 Å². The highest BCUT2D eigenvalue weighted by molar-refractivity contribution is 7.15. The van der Waals surface area contributed by atoms with E-state index < -0.39 is 0 Å². The zero-order valence-electron chi connectivity index (χ0n) is 7.98. The largest absolute Gasteiger partial charge is 0.461 e. The van der Waals surface area contributed by atoms with Crippen LogP contribution < -0.4 is 0 Å². The van der Waals surface area contributed by atoms with Crippen LogP contribution >= 0.6 is 11.3 Å². The molecule has 2 rings (SSSR count). The second-order valence-corrected chi connectivity index (χ2v) is 3.69. The van der Waals surface area contributed by atoms with Gasteiger partial charge in [0.15, 0.2) is 10.7 Å². The van der Waals surface area contributed by atoms with Crippen molar-refractivity contribution in [3.63, 3.8) is 0 Å². The van der Waals surface area contributed by atoms with Gasteiger partial charge in [-0.3, -0.25) is 4.40 Å². The predicted octanol–water partition coefficient (Wildman–Crippen LogP) is 1.88. The van der Waals surface area contributed by atoms with E-state index in [1.807, 2.05) is 22.9 Å². The lowest BCUT2D eigenvalue weighted by atomic mass is 10.3. The normalized spacial score (nSPS) is 10.7. The summed E-state index contributed by atoms with van der Waals surface area (Å²) < 4.78 is 6.78. The fourth-order valence-corrected chi connectivity index (χ4v) is 2.05. The highest BCUT2D eigenvalue weighted by atomic mass is 32.1. The maximum absolute atomic E-state index is 11.4. The van der Waals surface area contributed by atoms with E-state index in [2.05, 4.69) is 4.98 Å². The van der Waals surface area contributed by atoms with Gasteiger partial charge in [-0.2, -0.15) is 0 Å². The molecule has 0 atom stereocenters. The minimum absolute atomic E-state index is 0.346. The fraction of sp³-hybridized carbons (Fsp3) is 0.333. The molecule has 0 spiro atoms. The van der Waals surface area contributed by atoms with Crippen molar-refractivity contribution in [2.75, 3.05) is 6.61 Å². The van der Waals surface area contributed by atoms with Crippen LogP contribution in [0.25, 0.3) is 4.96 Å². The number of fused-ring (bicyclic) bond motifs is 1. The Morgan fingerprint density at radius 3 is 3.14 bits per heavy atom. The summed E-state index contributed by atoms with van der Waals surface area (Å²) in [5.41, 5.74) is 1.25. The summed E-state index contributed by atoms with van der Waals surface area (Å²) in [6.45, 7) is 4.02. The maximum Gasteiger partial charge on any atom is 0.358 e. The molecule has 2 aromatic rings. The number of carbonyl (C=O) groups is 1. The molecule has 74 valence electrons. The van der Waals surface area contributed by atoms with Gasteiger partial charge in [-0.05, 0) is 13.8 Å². The van der Waals surface area contributed by atoms with Crippen LogP contribution in [0.15, 0.2) is 11.6 Å². The summed E-state index contributed by atoms with van der Waals surface area (Å²) >= 11 is 1.50. The molecule has 0 N–H and O–H groups in total. The Bertz CT molecular complexity index is 472. The van der Waals surface area contributed by atoms with Crippen molar-refractivity contribution in [1.82, 2.24) is 9.38 Å². The van der Waals surface area contributed by atoms with Crippen LogP contribution in [0, 0.1) is 6.92 Å². The van der Waals surface area contributed by atoms with E-state index in [4.69, 9.17) is 4.74 Å². The Kier molecular flexibility index (Phi) is 2.25. The molecule has 0 radical (unpaired) electrons. The highest BCUT2D eigenvalue weighted by Gasteiger charge is 2.16. The van der Waals surface area contributed by atoms with Gasteiger partial charge in [0, 0.05) is 11.6 Å². The number of hydrogen-bond donors (Lipinski definition) is 0. The summed E-state index contributed by atoms with van der Waals surface area (Å²) in [5, 5.41) is 1.93. The summed E-state index contributed by atoms with van der Waals surface area (Å²) in [7, 11) is 0. The Labute approximate surface area is 85.1 Å². The quantitative estimate of drug-likeness (QED) is 0.711. The summed E-state index contributed by atoms with van der Waals surface area (Å²) in [4.78, 5) is 16.5. The van der Waals surface area contributed by atoms with Crippen LogP contribution in [-0.4, -0.2) is 22.0 Å². The molecule has 0 unspecified atom stereocenters. The molecule has 0 saturated heterocycles. The third-order valence-corrected chi connectivity index (χ3v) is 2.73. The van der Waals surface area contributed by atoms with Crippen molar-refractivity contribution in [3.05, 3.63) is 23.0 Å². The first-order valence-corrected chi connectivity index (χ1v) is 5.21. The minimum atomic E-state index is -0.346. The van der Waals surface area contributed by atoms with E-state index in [0.717, 1.165) is 10.7 Å². The van der Waals surface area contributed by atoms with Gasteiger partial charge in [0.05, 0.1) is 12.3 Å². The average Bonchev–Trinajstić information content (AvgIpc) is 2.69. The first kappa shape index (κ1) is 9.21. The monoisotopic (exact) mass is 210 g/mol. The van der Waals surface area contributed by atoms with Gasteiger partial charge in [0.1, 0.15) is 0 Å². The molecule has 2 heterocycles. The van der Waals surface area contributed by atoms with Crippen LogP contribution in [0.3, 0.4) is 0 Å². The molecule has 0 aliphatic rings. The van der Waals surface area contributed by atoms with Crippen LogP contribution in [0.1, 0.15) is 23.1 Å². The van der Waals surface area contributed by atoms with Gasteiger partial charge in [-0.25, -0.2) is 9.78 Å². The van der Waals surface area contributed by atoms with Crippen LogP contribution in [0.2, 0.25) is 0 Å². The number of imidazole rings is 1. The summed E-state index contributed by atoms with van der Waals surface area (Å²) in [6.07, 6.45) is 1.89. The highest BCUT2D eigenvalue weighted by Crippen LogP contribution is 2.16. The zero-order chi connectivity index (χ0) is 10.1. The van der Waals surface area contributed by atoms with Crippen molar-refractivity contribution in [2.24, 2.45) is 0 Å². The number of hydrogen-bond acceptors (Lipinski definition) is 4. The Morgan fingerprint density at radius 1 is 1.71 bits per heavy atom. The van der Waals surface area contributed by atoms with Crippen molar-refractivity contribution < 1.29 is 9.53 Å². The van der Waals surface area contributed by atoms with Crippen molar-refractivity contribution in [3.8, 4) is 0 Å². The Balaban J connectivity index is 2.47. The van der Waals surface area contributed by atoms with Gasteiger partial charge in [0.25, 0.3) is 0 Å². The SMILES string of the molecule is CCOC(=O)c1nc2sccn2c1C. The Morgan fingerprint density at radius 2 is 2.50 bits per heavy atom. The van der Waals surface area contributed by atoms with Gasteiger partial charge >= 0.3 is 5.97 Å². The second-order valence-electron chi connectivity index (χ2n) is 2.82.